The lowest BCUT2D eigenvalue weighted by Crippen LogP contribution is -2.03. The van der Waals surface area contributed by atoms with Gasteiger partial charge in [-0.25, -0.2) is 13.1 Å². The number of benzene rings is 1. The fraction of sp³-hybridized carbons (Fsp3) is 0.182. The van der Waals surface area contributed by atoms with Crippen molar-refractivity contribution in [2.45, 2.75) is 11.9 Å². The van der Waals surface area contributed by atoms with Gasteiger partial charge in [-0.05, 0) is 19.1 Å². The van der Waals surface area contributed by atoms with Gasteiger partial charge < -0.3 is 5.73 Å². The molecule has 0 radical (unpaired) electrons. The average Bonchev–Trinajstić information content (AvgIpc) is 2.61. The zero-order chi connectivity index (χ0) is 12.6. The van der Waals surface area contributed by atoms with Gasteiger partial charge in [0.2, 0.25) is 0 Å². The average molecular weight is 251 g/mol. The summed E-state index contributed by atoms with van der Waals surface area (Å²) in [6.07, 6.45) is 1.11. The molecule has 17 heavy (non-hydrogen) atoms. The van der Waals surface area contributed by atoms with E-state index < -0.39 is 9.84 Å². The van der Waals surface area contributed by atoms with E-state index in [0.717, 1.165) is 17.5 Å². The zero-order valence-corrected chi connectivity index (χ0v) is 10.4. The van der Waals surface area contributed by atoms with E-state index in [1.165, 1.54) is 10.7 Å². The van der Waals surface area contributed by atoms with Crippen LogP contribution in [0.15, 0.2) is 35.4 Å². The van der Waals surface area contributed by atoms with Crippen molar-refractivity contribution in [3.8, 4) is 5.69 Å². The molecule has 0 saturated carbocycles. The van der Waals surface area contributed by atoms with Crippen LogP contribution in [0.1, 0.15) is 5.56 Å². The molecule has 0 amide bonds. The molecule has 1 aromatic heterocycles. The first kappa shape index (κ1) is 11.7. The number of sulfone groups is 1. The first-order valence-corrected chi connectivity index (χ1v) is 6.90. The van der Waals surface area contributed by atoms with E-state index in [-0.39, 0.29) is 5.03 Å². The number of nitrogens with zero attached hydrogens (tertiary/aromatic N) is 2. The third kappa shape index (κ3) is 2.31. The van der Waals surface area contributed by atoms with Gasteiger partial charge in [-0.15, -0.1) is 0 Å². The summed E-state index contributed by atoms with van der Waals surface area (Å²) in [5, 5.41) is 3.97. The molecule has 2 rings (SSSR count). The third-order valence-electron chi connectivity index (χ3n) is 2.37. The lowest BCUT2D eigenvalue weighted by Gasteiger charge is -2.03. The van der Waals surface area contributed by atoms with Crippen molar-refractivity contribution in [2.24, 2.45) is 0 Å². The minimum atomic E-state index is -3.33. The molecule has 0 bridgehead atoms. The Balaban J connectivity index is 2.54. The maximum Gasteiger partial charge on any atom is 0.194 e. The number of aryl methyl sites for hydroxylation is 1. The van der Waals surface area contributed by atoms with Gasteiger partial charge in [0.05, 0.1) is 5.69 Å². The van der Waals surface area contributed by atoms with Crippen LogP contribution >= 0.6 is 0 Å². The van der Waals surface area contributed by atoms with E-state index in [2.05, 4.69) is 5.10 Å². The van der Waals surface area contributed by atoms with Crippen molar-refractivity contribution in [3.05, 3.63) is 35.9 Å². The van der Waals surface area contributed by atoms with E-state index in [1.54, 1.807) is 0 Å². The summed E-state index contributed by atoms with van der Waals surface area (Å²) in [7, 11) is -3.33. The molecular formula is C11H13N3O2S. The summed E-state index contributed by atoms with van der Waals surface area (Å²) in [6.45, 7) is 1.97. The summed E-state index contributed by atoms with van der Waals surface area (Å²) < 4.78 is 24.1. The van der Waals surface area contributed by atoms with E-state index in [0.29, 0.717) is 5.82 Å². The van der Waals surface area contributed by atoms with Gasteiger partial charge in [0.15, 0.2) is 14.9 Å². The van der Waals surface area contributed by atoms with Crippen LogP contribution in [-0.2, 0) is 9.84 Å². The van der Waals surface area contributed by atoms with Crippen molar-refractivity contribution >= 4 is 15.7 Å². The predicted octanol–water partition coefficient (Wildman–Crippen LogP) is 1.17. The molecule has 5 nitrogen and oxygen atoms in total. The molecule has 0 spiro atoms. The van der Waals surface area contributed by atoms with Crippen molar-refractivity contribution < 1.29 is 8.42 Å². The van der Waals surface area contributed by atoms with Crippen LogP contribution in [0.25, 0.3) is 5.69 Å². The number of aromatic nitrogens is 2. The molecule has 1 heterocycles. The van der Waals surface area contributed by atoms with Gasteiger partial charge in [0.1, 0.15) is 5.82 Å². The minimum absolute atomic E-state index is 0.0180. The van der Waals surface area contributed by atoms with Crippen molar-refractivity contribution in [1.29, 1.82) is 0 Å². The third-order valence-corrected chi connectivity index (χ3v) is 3.33. The Bertz CT molecular complexity index is 642. The van der Waals surface area contributed by atoms with Crippen LogP contribution in [0.3, 0.4) is 0 Å². The minimum Gasteiger partial charge on any atom is -0.384 e. The van der Waals surface area contributed by atoms with Crippen LogP contribution in [0.5, 0.6) is 0 Å². The maximum absolute atomic E-state index is 11.4. The first-order valence-electron chi connectivity index (χ1n) is 5.00. The maximum atomic E-state index is 11.4. The highest BCUT2D eigenvalue weighted by Gasteiger charge is 2.14. The fourth-order valence-electron chi connectivity index (χ4n) is 1.45. The lowest BCUT2D eigenvalue weighted by atomic mass is 10.2. The molecule has 0 fully saturated rings. The number of rotatable bonds is 2. The summed E-state index contributed by atoms with van der Waals surface area (Å²) in [4.78, 5) is 0. The molecule has 6 heteroatoms. The smallest absolute Gasteiger partial charge is 0.194 e. The lowest BCUT2D eigenvalue weighted by molar-refractivity contribution is 0.596. The Labute approximate surface area is 99.8 Å². The first-order chi connectivity index (χ1) is 7.88. The van der Waals surface area contributed by atoms with Crippen LogP contribution in [-0.4, -0.2) is 24.5 Å². The summed E-state index contributed by atoms with van der Waals surface area (Å²) in [6, 6.07) is 8.86. The number of hydrogen-bond acceptors (Lipinski definition) is 4. The van der Waals surface area contributed by atoms with E-state index in [1.807, 2.05) is 31.2 Å². The second kappa shape index (κ2) is 3.89. The zero-order valence-electron chi connectivity index (χ0n) is 9.58. The van der Waals surface area contributed by atoms with E-state index in [9.17, 15) is 8.42 Å². The highest BCUT2D eigenvalue weighted by Crippen LogP contribution is 2.17. The molecular weight excluding hydrogens is 238 g/mol. The molecule has 0 unspecified atom stereocenters. The Kier molecular flexibility index (Phi) is 2.66. The van der Waals surface area contributed by atoms with Gasteiger partial charge >= 0.3 is 0 Å². The molecule has 0 saturated heterocycles. The Hall–Kier alpha value is -1.82. The summed E-state index contributed by atoms with van der Waals surface area (Å²) in [5.74, 6) is 0.300. The van der Waals surface area contributed by atoms with Gasteiger partial charge in [-0.2, -0.15) is 5.10 Å². The van der Waals surface area contributed by atoms with Gasteiger partial charge in [-0.1, -0.05) is 17.7 Å². The fourth-order valence-corrected chi connectivity index (χ4v) is 2.01. The number of nitrogen functional groups attached to an aromatic ring is 1. The largest absolute Gasteiger partial charge is 0.384 e. The second-order valence-corrected chi connectivity index (χ2v) is 5.89. The monoisotopic (exact) mass is 251 g/mol. The normalized spacial score (nSPS) is 11.6. The van der Waals surface area contributed by atoms with Crippen LogP contribution < -0.4 is 5.73 Å². The Morgan fingerprint density at radius 2 is 1.82 bits per heavy atom. The molecule has 90 valence electrons. The van der Waals surface area contributed by atoms with Crippen LogP contribution in [0.2, 0.25) is 0 Å². The topological polar surface area (TPSA) is 78.0 Å². The highest BCUT2D eigenvalue weighted by atomic mass is 32.2. The number of nitrogens with two attached hydrogens (primary N) is 1. The van der Waals surface area contributed by atoms with Gasteiger partial charge in [0, 0.05) is 12.3 Å². The summed E-state index contributed by atoms with van der Waals surface area (Å²) in [5.41, 5.74) is 7.60. The Morgan fingerprint density at radius 1 is 1.24 bits per heavy atom. The molecule has 2 N–H and O–H groups in total. The van der Waals surface area contributed by atoms with Crippen molar-refractivity contribution in [3.63, 3.8) is 0 Å². The Morgan fingerprint density at radius 3 is 2.29 bits per heavy atom. The van der Waals surface area contributed by atoms with Gasteiger partial charge in [0.25, 0.3) is 0 Å². The van der Waals surface area contributed by atoms with Crippen molar-refractivity contribution in [2.75, 3.05) is 12.0 Å². The van der Waals surface area contributed by atoms with E-state index >= 15 is 0 Å². The van der Waals surface area contributed by atoms with Gasteiger partial charge in [-0.3, -0.25) is 0 Å². The van der Waals surface area contributed by atoms with Crippen molar-refractivity contribution in [1.82, 2.24) is 9.78 Å². The van der Waals surface area contributed by atoms with E-state index in [4.69, 9.17) is 5.73 Å². The number of anilines is 1. The molecule has 1 aromatic carbocycles. The SMILES string of the molecule is Cc1ccc(-n2nc(S(C)(=O)=O)cc2N)cc1. The van der Waals surface area contributed by atoms with Crippen LogP contribution in [0, 0.1) is 6.92 Å². The predicted molar refractivity (Wildman–Crippen MR) is 65.8 cm³/mol. The molecule has 0 aliphatic carbocycles. The number of hydrogen-bond donors (Lipinski definition) is 1. The molecule has 0 aliphatic rings. The molecule has 0 atom stereocenters. The molecule has 2 aromatic rings. The second-order valence-electron chi connectivity index (χ2n) is 3.93. The quantitative estimate of drug-likeness (QED) is 0.869. The van der Waals surface area contributed by atoms with Crippen LogP contribution in [0.4, 0.5) is 5.82 Å². The highest BCUT2D eigenvalue weighted by molar-refractivity contribution is 7.90. The standard InChI is InChI=1S/C11H13N3O2S/c1-8-3-5-9(6-4-8)14-10(12)7-11(13-14)17(2,15)16/h3-7H,12H2,1-2H3. The molecule has 0 aliphatic heterocycles. The summed E-state index contributed by atoms with van der Waals surface area (Å²) >= 11 is 0.